The van der Waals surface area contributed by atoms with Crippen LogP contribution >= 0.6 is 23.2 Å². The number of rotatable bonds is 2. The van der Waals surface area contributed by atoms with Crippen LogP contribution in [-0.2, 0) is 19.0 Å². The molecule has 1 aromatic carbocycles. The zero-order valence-corrected chi connectivity index (χ0v) is 11.3. The molecule has 0 saturated heterocycles. The molecule has 3 nitrogen and oxygen atoms in total. The van der Waals surface area contributed by atoms with E-state index >= 15 is 0 Å². The molecule has 0 amide bonds. The predicted octanol–water partition coefficient (Wildman–Crippen LogP) is 3.30. The third-order valence-electron chi connectivity index (χ3n) is 3.27. The van der Waals surface area contributed by atoms with Crippen LogP contribution in [0.3, 0.4) is 0 Å². The molecule has 2 heterocycles. The van der Waals surface area contributed by atoms with Crippen LogP contribution in [0.2, 0.25) is 5.02 Å². The number of hydrogen-bond acceptors (Lipinski definition) is 2. The minimum atomic E-state index is 0.473. The molecule has 0 unspecified atom stereocenters. The van der Waals surface area contributed by atoms with Gasteiger partial charge >= 0.3 is 0 Å². The molecule has 0 N–H and O–H groups in total. The lowest BCUT2D eigenvalue weighted by molar-refractivity contribution is 0.559. The van der Waals surface area contributed by atoms with E-state index in [1.807, 2.05) is 30.6 Å². The first kappa shape index (κ1) is 11.9. The quantitative estimate of drug-likeness (QED) is 0.788. The number of alkyl halides is 1. The maximum atomic E-state index is 6.00. The minimum Gasteiger partial charge on any atom is -0.362 e. The van der Waals surface area contributed by atoms with Crippen molar-refractivity contribution in [2.45, 2.75) is 19.0 Å². The molecule has 18 heavy (non-hydrogen) atoms. The largest absolute Gasteiger partial charge is 0.362 e. The van der Waals surface area contributed by atoms with Gasteiger partial charge in [0, 0.05) is 42.1 Å². The number of fused-ring (bicyclic) bond motifs is 1. The van der Waals surface area contributed by atoms with Crippen LogP contribution in [0, 0.1) is 0 Å². The average molecular weight is 282 g/mol. The van der Waals surface area contributed by atoms with E-state index in [1.165, 1.54) is 0 Å². The van der Waals surface area contributed by atoms with Crippen molar-refractivity contribution in [3.8, 4) is 0 Å². The summed E-state index contributed by atoms with van der Waals surface area (Å²) in [6.07, 6.45) is 3.88. The van der Waals surface area contributed by atoms with Gasteiger partial charge in [0.15, 0.2) is 0 Å². The Kier molecular flexibility index (Phi) is 3.18. The van der Waals surface area contributed by atoms with Gasteiger partial charge in [-0.3, -0.25) is 0 Å². The first-order chi connectivity index (χ1) is 8.78. The van der Waals surface area contributed by atoms with E-state index in [-0.39, 0.29) is 0 Å². The Morgan fingerprint density at radius 2 is 2.17 bits per heavy atom. The molecule has 1 aliphatic heterocycles. The maximum absolute atomic E-state index is 6.00. The smallest absolute Gasteiger partial charge is 0.128 e. The van der Waals surface area contributed by atoms with Crippen molar-refractivity contribution in [2.75, 3.05) is 11.4 Å². The number of benzene rings is 1. The SMILES string of the molecule is ClCc1cc(Cl)ccc1N1CCn2ccnc2C1. The molecule has 5 heteroatoms. The molecule has 0 spiro atoms. The van der Waals surface area contributed by atoms with Gasteiger partial charge in [0.25, 0.3) is 0 Å². The van der Waals surface area contributed by atoms with Crippen LogP contribution in [0.1, 0.15) is 11.4 Å². The molecule has 0 saturated carbocycles. The van der Waals surface area contributed by atoms with Crippen LogP contribution in [0.15, 0.2) is 30.6 Å². The summed E-state index contributed by atoms with van der Waals surface area (Å²) in [5.41, 5.74) is 2.23. The molecule has 0 atom stereocenters. The molecule has 0 bridgehead atoms. The van der Waals surface area contributed by atoms with E-state index in [1.54, 1.807) is 0 Å². The molecule has 0 aliphatic carbocycles. The standard InChI is InChI=1S/C13H13Cl2N3/c14-8-10-7-11(15)1-2-12(10)18-6-5-17-4-3-16-13(17)9-18/h1-4,7H,5-6,8-9H2. The number of hydrogen-bond donors (Lipinski definition) is 0. The highest BCUT2D eigenvalue weighted by Gasteiger charge is 2.18. The van der Waals surface area contributed by atoms with E-state index < -0.39 is 0 Å². The summed E-state index contributed by atoms with van der Waals surface area (Å²) in [4.78, 5) is 6.67. The highest BCUT2D eigenvalue weighted by molar-refractivity contribution is 6.30. The molecule has 1 aliphatic rings. The van der Waals surface area contributed by atoms with Crippen LogP contribution in [0.4, 0.5) is 5.69 Å². The molecule has 94 valence electrons. The second kappa shape index (κ2) is 4.82. The normalized spacial score (nSPS) is 14.7. The van der Waals surface area contributed by atoms with Gasteiger partial charge in [-0.25, -0.2) is 4.98 Å². The molecule has 1 aromatic heterocycles. The highest BCUT2D eigenvalue weighted by Crippen LogP contribution is 2.28. The monoisotopic (exact) mass is 281 g/mol. The summed E-state index contributed by atoms with van der Waals surface area (Å²) in [5.74, 6) is 1.57. The number of anilines is 1. The zero-order chi connectivity index (χ0) is 12.5. The minimum absolute atomic E-state index is 0.473. The fraction of sp³-hybridized carbons (Fsp3) is 0.308. The van der Waals surface area contributed by atoms with E-state index in [9.17, 15) is 0 Å². The van der Waals surface area contributed by atoms with Gasteiger partial charge in [0.05, 0.1) is 6.54 Å². The van der Waals surface area contributed by atoms with Crippen molar-refractivity contribution in [1.82, 2.24) is 9.55 Å². The van der Waals surface area contributed by atoms with Gasteiger partial charge in [-0.1, -0.05) is 11.6 Å². The van der Waals surface area contributed by atoms with Gasteiger partial charge in [-0.15, -0.1) is 11.6 Å². The lowest BCUT2D eigenvalue weighted by Gasteiger charge is -2.31. The first-order valence-electron chi connectivity index (χ1n) is 5.87. The lowest BCUT2D eigenvalue weighted by atomic mass is 10.1. The summed E-state index contributed by atoms with van der Waals surface area (Å²) in [7, 11) is 0. The Hall–Kier alpha value is -1.19. The fourth-order valence-corrected chi connectivity index (χ4v) is 2.76. The second-order valence-electron chi connectivity index (χ2n) is 4.37. The molecule has 3 rings (SSSR count). The van der Waals surface area contributed by atoms with Crippen LogP contribution in [0.25, 0.3) is 0 Å². The van der Waals surface area contributed by atoms with E-state index in [0.29, 0.717) is 5.88 Å². The van der Waals surface area contributed by atoms with Gasteiger partial charge < -0.3 is 9.47 Å². The number of aromatic nitrogens is 2. The van der Waals surface area contributed by atoms with Gasteiger partial charge in [-0.2, -0.15) is 0 Å². The first-order valence-corrected chi connectivity index (χ1v) is 6.78. The number of imidazole rings is 1. The maximum Gasteiger partial charge on any atom is 0.128 e. The van der Waals surface area contributed by atoms with Gasteiger partial charge in [0.1, 0.15) is 5.82 Å². The van der Waals surface area contributed by atoms with Crippen LogP contribution in [-0.4, -0.2) is 16.1 Å². The molecule has 0 fully saturated rings. The summed E-state index contributed by atoms with van der Waals surface area (Å²) < 4.78 is 2.19. The molecular weight excluding hydrogens is 269 g/mol. The molecular formula is C13H13Cl2N3. The molecule has 0 radical (unpaired) electrons. The zero-order valence-electron chi connectivity index (χ0n) is 9.81. The third-order valence-corrected chi connectivity index (χ3v) is 3.79. The van der Waals surface area contributed by atoms with Crippen LogP contribution in [0.5, 0.6) is 0 Å². The number of halogens is 2. The van der Waals surface area contributed by atoms with Crippen molar-refractivity contribution in [3.63, 3.8) is 0 Å². The Morgan fingerprint density at radius 3 is 3.00 bits per heavy atom. The van der Waals surface area contributed by atoms with Crippen LogP contribution < -0.4 is 4.90 Å². The van der Waals surface area contributed by atoms with Crippen molar-refractivity contribution in [3.05, 3.63) is 47.0 Å². The Morgan fingerprint density at radius 1 is 1.28 bits per heavy atom. The lowest BCUT2D eigenvalue weighted by Crippen LogP contribution is -2.34. The van der Waals surface area contributed by atoms with Gasteiger partial charge in [-0.05, 0) is 23.8 Å². The third kappa shape index (κ3) is 2.08. The van der Waals surface area contributed by atoms with Crippen molar-refractivity contribution in [2.24, 2.45) is 0 Å². The molecule has 2 aromatic rings. The second-order valence-corrected chi connectivity index (χ2v) is 5.07. The average Bonchev–Trinajstić information content (AvgIpc) is 2.85. The summed E-state index contributed by atoms with van der Waals surface area (Å²) in [6, 6.07) is 5.89. The summed E-state index contributed by atoms with van der Waals surface area (Å²) in [5, 5.41) is 0.730. The van der Waals surface area contributed by atoms with Gasteiger partial charge in [0.2, 0.25) is 0 Å². The predicted molar refractivity (Wildman–Crippen MR) is 74.3 cm³/mol. The Balaban J connectivity index is 1.93. The highest BCUT2D eigenvalue weighted by atomic mass is 35.5. The van der Waals surface area contributed by atoms with E-state index in [0.717, 1.165) is 41.7 Å². The Bertz CT molecular complexity index is 565. The van der Waals surface area contributed by atoms with Crippen molar-refractivity contribution < 1.29 is 0 Å². The fourth-order valence-electron chi connectivity index (χ4n) is 2.35. The summed E-state index contributed by atoms with van der Waals surface area (Å²) >= 11 is 12.0. The van der Waals surface area contributed by atoms with E-state index in [2.05, 4.69) is 14.5 Å². The van der Waals surface area contributed by atoms with E-state index in [4.69, 9.17) is 23.2 Å². The summed E-state index contributed by atoms with van der Waals surface area (Å²) in [6.45, 7) is 2.74. The Labute approximate surface area is 116 Å². The van der Waals surface area contributed by atoms with Crippen molar-refractivity contribution in [1.29, 1.82) is 0 Å². The van der Waals surface area contributed by atoms with Crippen molar-refractivity contribution >= 4 is 28.9 Å². The topological polar surface area (TPSA) is 21.1 Å². The number of nitrogens with zero attached hydrogens (tertiary/aromatic N) is 3.